The van der Waals surface area contributed by atoms with E-state index in [9.17, 15) is 0 Å². The van der Waals surface area contributed by atoms with Gasteiger partial charge in [-0.05, 0) is 74.5 Å². The summed E-state index contributed by atoms with van der Waals surface area (Å²) in [6, 6.07) is 30.9. The molecule has 0 saturated heterocycles. The summed E-state index contributed by atoms with van der Waals surface area (Å²) in [5.41, 5.74) is 5.38. The van der Waals surface area contributed by atoms with Gasteiger partial charge in [-0.15, -0.1) is 0 Å². The largest absolute Gasteiger partial charge is 0.0616 e. The Labute approximate surface area is 153 Å². The number of aryl methyl sites for hydroxylation is 2. The summed E-state index contributed by atoms with van der Waals surface area (Å²) in [4.78, 5) is 0. The molecule has 0 aromatic heterocycles. The normalized spacial score (nSPS) is 11.5. The summed E-state index contributed by atoms with van der Waals surface area (Å²) < 4.78 is 0. The lowest BCUT2D eigenvalue weighted by atomic mass is 9.86. The van der Waals surface area contributed by atoms with Crippen molar-refractivity contribution in [3.05, 3.63) is 96.1 Å². The standard InChI is InChI=1S/C26H20/c1-17-15-19-9-3-4-10-20(19)16-25(17)26-18(2)21-11-5-6-12-22(21)23-13-7-8-14-24(23)26/h3-16H,1-2H3. The minimum absolute atomic E-state index is 1.30. The van der Waals surface area contributed by atoms with E-state index >= 15 is 0 Å². The average Bonchev–Trinajstić information content (AvgIpc) is 2.68. The molecule has 0 heteroatoms. The molecule has 0 heterocycles. The molecule has 0 aliphatic heterocycles. The van der Waals surface area contributed by atoms with E-state index in [1.807, 2.05) is 0 Å². The second-order valence-corrected chi connectivity index (χ2v) is 7.11. The lowest BCUT2D eigenvalue weighted by molar-refractivity contribution is 1.46. The first-order chi connectivity index (χ1) is 12.7. The zero-order valence-corrected chi connectivity index (χ0v) is 15.1. The minimum atomic E-state index is 1.30. The van der Waals surface area contributed by atoms with E-state index in [4.69, 9.17) is 0 Å². The maximum absolute atomic E-state index is 2.36. The van der Waals surface area contributed by atoms with Crippen molar-refractivity contribution in [2.24, 2.45) is 0 Å². The van der Waals surface area contributed by atoms with E-state index in [1.165, 1.54) is 54.6 Å². The Morgan fingerprint density at radius 1 is 0.500 bits per heavy atom. The van der Waals surface area contributed by atoms with Crippen LogP contribution in [0.1, 0.15) is 11.1 Å². The fourth-order valence-electron chi connectivity index (χ4n) is 4.29. The first-order valence-corrected chi connectivity index (χ1v) is 9.14. The molecule has 0 spiro atoms. The Kier molecular flexibility index (Phi) is 3.33. The molecule has 0 bridgehead atoms. The second-order valence-electron chi connectivity index (χ2n) is 7.11. The summed E-state index contributed by atoms with van der Waals surface area (Å²) in [6.07, 6.45) is 0. The van der Waals surface area contributed by atoms with Crippen LogP contribution in [-0.2, 0) is 0 Å². The molecular weight excluding hydrogens is 312 g/mol. The fourth-order valence-corrected chi connectivity index (χ4v) is 4.29. The summed E-state index contributed by atoms with van der Waals surface area (Å²) in [5.74, 6) is 0. The van der Waals surface area contributed by atoms with Crippen LogP contribution < -0.4 is 0 Å². The number of rotatable bonds is 1. The molecule has 0 unspecified atom stereocenters. The van der Waals surface area contributed by atoms with E-state index in [2.05, 4.69) is 98.8 Å². The van der Waals surface area contributed by atoms with Gasteiger partial charge in [-0.1, -0.05) is 78.9 Å². The van der Waals surface area contributed by atoms with Gasteiger partial charge in [0.25, 0.3) is 0 Å². The lowest BCUT2D eigenvalue weighted by Crippen LogP contribution is -1.92. The van der Waals surface area contributed by atoms with E-state index in [-0.39, 0.29) is 0 Å². The molecule has 5 rings (SSSR count). The van der Waals surface area contributed by atoms with Crippen LogP contribution >= 0.6 is 0 Å². The van der Waals surface area contributed by atoms with Crippen LogP contribution in [0.5, 0.6) is 0 Å². The first kappa shape index (κ1) is 15.2. The molecule has 0 nitrogen and oxygen atoms in total. The van der Waals surface area contributed by atoms with Gasteiger partial charge in [0.2, 0.25) is 0 Å². The van der Waals surface area contributed by atoms with Crippen LogP contribution in [0.15, 0.2) is 84.9 Å². The van der Waals surface area contributed by atoms with Gasteiger partial charge in [-0.2, -0.15) is 0 Å². The summed E-state index contributed by atoms with van der Waals surface area (Å²) >= 11 is 0. The van der Waals surface area contributed by atoms with E-state index in [1.54, 1.807) is 0 Å². The van der Waals surface area contributed by atoms with E-state index < -0.39 is 0 Å². The maximum Gasteiger partial charge on any atom is -0.00668 e. The zero-order chi connectivity index (χ0) is 17.7. The predicted molar refractivity (Wildman–Crippen MR) is 114 cm³/mol. The maximum atomic E-state index is 2.36. The highest BCUT2D eigenvalue weighted by Gasteiger charge is 2.14. The Bertz CT molecular complexity index is 1290. The molecule has 0 saturated carbocycles. The molecule has 124 valence electrons. The Morgan fingerprint density at radius 3 is 1.69 bits per heavy atom. The van der Waals surface area contributed by atoms with Gasteiger partial charge in [-0.25, -0.2) is 0 Å². The van der Waals surface area contributed by atoms with Gasteiger partial charge in [0.1, 0.15) is 0 Å². The van der Waals surface area contributed by atoms with Crippen LogP contribution in [0.25, 0.3) is 43.4 Å². The van der Waals surface area contributed by atoms with Gasteiger partial charge in [0, 0.05) is 0 Å². The van der Waals surface area contributed by atoms with Gasteiger partial charge in [0.05, 0.1) is 0 Å². The van der Waals surface area contributed by atoms with Crippen molar-refractivity contribution in [1.82, 2.24) is 0 Å². The Balaban J connectivity index is 1.98. The molecule has 5 aromatic rings. The molecule has 0 N–H and O–H groups in total. The summed E-state index contributed by atoms with van der Waals surface area (Å²) in [6.45, 7) is 4.49. The van der Waals surface area contributed by atoms with Crippen LogP contribution in [0.4, 0.5) is 0 Å². The van der Waals surface area contributed by atoms with Crippen molar-refractivity contribution in [1.29, 1.82) is 0 Å². The summed E-state index contributed by atoms with van der Waals surface area (Å²) in [5, 5.41) is 7.94. The highest BCUT2D eigenvalue weighted by Crippen LogP contribution is 2.40. The SMILES string of the molecule is Cc1cc2ccccc2cc1-c1c(C)c2ccccc2c2ccccc12. The highest BCUT2D eigenvalue weighted by atomic mass is 14.2. The number of benzene rings is 5. The van der Waals surface area contributed by atoms with Gasteiger partial charge >= 0.3 is 0 Å². The third-order valence-electron chi connectivity index (χ3n) is 5.55. The van der Waals surface area contributed by atoms with E-state index in [0.29, 0.717) is 0 Å². The molecule has 0 fully saturated rings. The van der Waals surface area contributed by atoms with Crippen LogP contribution in [0.2, 0.25) is 0 Å². The Hall–Kier alpha value is -3.12. The molecular formula is C26H20. The number of fused-ring (bicyclic) bond motifs is 4. The molecule has 0 aliphatic carbocycles. The molecule has 26 heavy (non-hydrogen) atoms. The fraction of sp³-hybridized carbons (Fsp3) is 0.0769. The van der Waals surface area contributed by atoms with Crippen molar-refractivity contribution in [2.45, 2.75) is 13.8 Å². The predicted octanol–water partition coefficient (Wildman–Crippen LogP) is 7.43. The van der Waals surface area contributed by atoms with Crippen LogP contribution in [-0.4, -0.2) is 0 Å². The minimum Gasteiger partial charge on any atom is -0.0616 e. The quantitative estimate of drug-likeness (QED) is 0.280. The van der Waals surface area contributed by atoms with Crippen molar-refractivity contribution >= 4 is 32.3 Å². The van der Waals surface area contributed by atoms with Gasteiger partial charge < -0.3 is 0 Å². The van der Waals surface area contributed by atoms with Gasteiger partial charge in [-0.3, -0.25) is 0 Å². The Morgan fingerprint density at radius 2 is 1.00 bits per heavy atom. The van der Waals surface area contributed by atoms with Crippen molar-refractivity contribution < 1.29 is 0 Å². The van der Waals surface area contributed by atoms with Crippen LogP contribution in [0.3, 0.4) is 0 Å². The van der Waals surface area contributed by atoms with Crippen molar-refractivity contribution in [2.75, 3.05) is 0 Å². The topological polar surface area (TPSA) is 0 Å². The number of hydrogen-bond acceptors (Lipinski definition) is 0. The summed E-state index contributed by atoms with van der Waals surface area (Å²) in [7, 11) is 0. The molecule has 0 atom stereocenters. The van der Waals surface area contributed by atoms with Crippen LogP contribution in [0, 0.1) is 13.8 Å². The molecule has 0 aliphatic rings. The van der Waals surface area contributed by atoms with Gasteiger partial charge in [0.15, 0.2) is 0 Å². The molecule has 5 aromatic carbocycles. The zero-order valence-electron chi connectivity index (χ0n) is 15.1. The third-order valence-corrected chi connectivity index (χ3v) is 5.55. The number of hydrogen-bond donors (Lipinski definition) is 0. The smallest absolute Gasteiger partial charge is 0.00668 e. The first-order valence-electron chi connectivity index (χ1n) is 9.14. The average molecular weight is 332 g/mol. The monoisotopic (exact) mass is 332 g/mol. The molecule has 0 radical (unpaired) electrons. The molecule has 0 amide bonds. The third kappa shape index (κ3) is 2.16. The van der Waals surface area contributed by atoms with E-state index in [0.717, 1.165) is 0 Å². The lowest BCUT2D eigenvalue weighted by Gasteiger charge is -2.17. The second kappa shape index (κ2) is 5.71. The highest BCUT2D eigenvalue weighted by molar-refractivity contribution is 6.16. The van der Waals surface area contributed by atoms with Crippen molar-refractivity contribution in [3.63, 3.8) is 0 Å². The van der Waals surface area contributed by atoms with Crippen molar-refractivity contribution in [3.8, 4) is 11.1 Å².